The molecule has 0 bridgehead atoms. The molecule has 7 heteroatoms. The summed E-state index contributed by atoms with van der Waals surface area (Å²) in [6.45, 7) is 4.10. The second-order valence-electron chi connectivity index (χ2n) is 6.91. The molecule has 0 radical (unpaired) electrons. The number of nitro groups is 1. The van der Waals surface area contributed by atoms with Crippen LogP contribution in [0.3, 0.4) is 0 Å². The fourth-order valence-corrected chi connectivity index (χ4v) is 3.57. The van der Waals surface area contributed by atoms with E-state index in [2.05, 4.69) is 10.2 Å². The van der Waals surface area contributed by atoms with Gasteiger partial charge >= 0.3 is 0 Å². The number of nitro benzene ring substituents is 1. The van der Waals surface area contributed by atoms with Gasteiger partial charge in [0.15, 0.2) is 0 Å². The van der Waals surface area contributed by atoms with Crippen LogP contribution < -0.4 is 5.32 Å². The average Bonchev–Trinajstić information content (AvgIpc) is 2.65. The molecule has 1 N–H and O–H groups in total. The molecule has 0 spiro atoms. The van der Waals surface area contributed by atoms with E-state index in [1.807, 2.05) is 31.2 Å². The molecule has 27 heavy (non-hydrogen) atoms. The van der Waals surface area contributed by atoms with Crippen molar-refractivity contribution >= 4 is 28.9 Å². The van der Waals surface area contributed by atoms with Crippen LogP contribution in [-0.2, 0) is 11.3 Å². The predicted octanol–water partition coefficient (Wildman–Crippen LogP) is 4.41. The van der Waals surface area contributed by atoms with Gasteiger partial charge in [0.25, 0.3) is 5.69 Å². The summed E-state index contributed by atoms with van der Waals surface area (Å²) in [6.07, 6.45) is 1.73. The van der Waals surface area contributed by atoms with E-state index in [0.29, 0.717) is 18.8 Å². The number of anilines is 1. The third kappa shape index (κ3) is 4.84. The fourth-order valence-electron chi connectivity index (χ4n) is 3.37. The number of nitrogens with one attached hydrogen (secondary N) is 1. The van der Waals surface area contributed by atoms with Gasteiger partial charge in [-0.25, -0.2) is 0 Å². The summed E-state index contributed by atoms with van der Waals surface area (Å²) < 4.78 is 0. The largest absolute Gasteiger partial charge is 0.325 e. The average molecular weight is 388 g/mol. The summed E-state index contributed by atoms with van der Waals surface area (Å²) in [5.41, 5.74) is 2.32. The van der Waals surface area contributed by atoms with Crippen molar-refractivity contribution in [2.24, 2.45) is 5.92 Å². The van der Waals surface area contributed by atoms with E-state index >= 15 is 0 Å². The minimum absolute atomic E-state index is 0.0279. The van der Waals surface area contributed by atoms with Crippen molar-refractivity contribution in [2.75, 3.05) is 18.4 Å². The van der Waals surface area contributed by atoms with Crippen molar-refractivity contribution in [2.45, 2.75) is 26.3 Å². The number of likely N-dealkylation sites (tertiary alicyclic amines) is 1. The molecule has 1 aliphatic rings. The van der Waals surface area contributed by atoms with E-state index in [0.717, 1.165) is 35.5 Å². The lowest BCUT2D eigenvalue weighted by atomic mass is 9.96. The fraction of sp³-hybridized carbons (Fsp3) is 0.350. The van der Waals surface area contributed by atoms with E-state index in [4.69, 9.17) is 11.6 Å². The third-order valence-corrected chi connectivity index (χ3v) is 5.29. The van der Waals surface area contributed by atoms with Gasteiger partial charge in [0, 0.05) is 30.2 Å². The Morgan fingerprint density at radius 3 is 2.85 bits per heavy atom. The topological polar surface area (TPSA) is 75.5 Å². The number of aryl methyl sites for hydroxylation is 1. The third-order valence-electron chi connectivity index (χ3n) is 4.92. The second-order valence-corrected chi connectivity index (χ2v) is 7.32. The standard InChI is InChI=1S/C20H22ClN3O3/c1-14-8-9-17(24(26)27)11-19(14)22-20(25)16-6-4-10-23(13-16)12-15-5-2-3-7-18(15)21/h2-3,5,7-9,11,16H,4,6,10,12-13H2,1H3,(H,22,25). The van der Waals surface area contributed by atoms with E-state index in [1.54, 1.807) is 6.07 Å². The van der Waals surface area contributed by atoms with Crippen LogP contribution in [0.15, 0.2) is 42.5 Å². The van der Waals surface area contributed by atoms with E-state index in [1.165, 1.54) is 12.1 Å². The molecule has 1 saturated heterocycles. The molecule has 1 fully saturated rings. The highest BCUT2D eigenvalue weighted by Gasteiger charge is 2.26. The molecule has 2 aromatic rings. The Kier molecular flexibility index (Phi) is 6.08. The minimum atomic E-state index is -0.457. The normalized spacial score (nSPS) is 17.5. The molecule has 6 nitrogen and oxygen atoms in total. The van der Waals surface area contributed by atoms with Crippen molar-refractivity contribution in [3.63, 3.8) is 0 Å². The van der Waals surface area contributed by atoms with Crippen molar-refractivity contribution < 1.29 is 9.72 Å². The van der Waals surface area contributed by atoms with Gasteiger partial charge in [-0.15, -0.1) is 0 Å². The number of hydrogen-bond donors (Lipinski definition) is 1. The number of non-ortho nitro benzene ring substituents is 1. The van der Waals surface area contributed by atoms with Crippen LogP contribution in [0.4, 0.5) is 11.4 Å². The van der Waals surface area contributed by atoms with Crippen LogP contribution in [-0.4, -0.2) is 28.8 Å². The van der Waals surface area contributed by atoms with Gasteiger partial charge in [0.2, 0.25) is 5.91 Å². The smallest absolute Gasteiger partial charge is 0.271 e. The number of halogens is 1. The number of rotatable bonds is 5. The molecule has 0 aliphatic carbocycles. The minimum Gasteiger partial charge on any atom is -0.325 e. The molecule has 0 aromatic heterocycles. The van der Waals surface area contributed by atoms with Crippen LogP contribution in [0.5, 0.6) is 0 Å². The number of carbonyl (C=O) groups excluding carboxylic acids is 1. The van der Waals surface area contributed by atoms with Crippen molar-refractivity contribution in [3.05, 3.63) is 68.7 Å². The van der Waals surface area contributed by atoms with Gasteiger partial charge in [-0.1, -0.05) is 35.9 Å². The molecule has 142 valence electrons. The SMILES string of the molecule is Cc1ccc([N+](=O)[O-])cc1NC(=O)C1CCCN(Cc2ccccc2Cl)C1. The first-order valence-corrected chi connectivity index (χ1v) is 9.33. The van der Waals surface area contributed by atoms with Gasteiger partial charge in [0.1, 0.15) is 0 Å². The molecule has 1 heterocycles. The highest BCUT2D eigenvalue weighted by atomic mass is 35.5. The first-order valence-electron chi connectivity index (χ1n) is 8.95. The highest BCUT2D eigenvalue weighted by molar-refractivity contribution is 6.31. The summed E-state index contributed by atoms with van der Waals surface area (Å²) >= 11 is 6.25. The van der Waals surface area contributed by atoms with Gasteiger partial charge in [-0.3, -0.25) is 19.8 Å². The molecule has 1 atom stereocenters. The zero-order valence-electron chi connectivity index (χ0n) is 15.2. The number of hydrogen-bond acceptors (Lipinski definition) is 4. The zero-order valence-corrected chi connectivity index (χ0v) is 15.9. The van der Waals surface area contributed by atoms with Crippen LogP contribution >= 0.6 is 11.6 Å². The number of piperidine rings is 1. The Bertz CT molecular complexity index is 856. The van der Waals surface area contributed by atoms with Gasteiger partial charge in [-0.2, -0.15) is 0 Å². The highest BCUT2D eigenvalue weighted by Crippen LogP contribution is 2.25. The quantitative estimate of drug-likeness (QED) is 0.609. The molecule has 1 aliphatic heterocycles. The summed E-state index contributed by atoms with van der Waals surface area (Å²) in [6, 6.07) is 12.2. The van der Waals surface area contributed by atoms with E-state index in [9.17, 15) is 14.9 Å². The Labute approximate surface area is 163 Å². The monoisotopic (exact) mass is 387 g/mol. The van der Waals surface area contributed by atoms with Crippen molar-refractivity contribution in [3.8, 4) is 0 Å². The van der Waals surface area contributed by atoms with Crippen LogP contribution in [0.2, 0.25) is 5.02 Å². The van der Waals surface area contributed by atoms with E-state index in [-0.39, 0.29) is 17.5 Å². The Hall–Kier alpha value is -2.44. The van der Waals surface area contributed by atoms with Crippen molar-refractivity contribution in [1.82, 2.24) is 4.90 Å². The molecule has 2 aromatic carbocycles. The zero-order chi connectivity index (χ0) is 19.4. The summed E-state index contributed by atoms with van der Waals surface area (Å²) in [4.78, 5) is 25.5. The molecule has 3 rings (SSSR count). The Morgan fingerprint density at radius 1 is 1.33 bits per heavy atom. The molecular formula is C20H22ClN3O3. The maximum Gasteiger partial charge on any atom is 0.271 e. The van der Waals surface area contributed by atoms with Gasteiger partial charge < -0.3 is 5.32 Å². The molecule has 1 unspecified atom stereocenters. The van der Waals surface area contributed by atoms with E-state index < -0.39 is 4.92 Å². The Morgan fingerprint density at radius 2 is 2.11 bits per heavy atom. The Balaban J connectivity index is 1.66. The predicted molar refractivity (Wildman–Crippen MR) is 106 cm³/mol. The van der Waals surface area contributed by atoms with Crippen molar-refractivity contribution in [1.29, 1.82) is 0 Å². The first-order chi connectivity index (χ1) is 12.9. The lowest BCUT2D eigenvalue weighted by Gasteiger charge is -2.32. The lowest BCUT2D eigenvalue weighted by molar-refractivity contribution is -0.384. The number of carbonyl (C=O) groups is 1. The second kappa shape index (κ2) is 8.50. The summed E-state index contributed by atoms with van der Waals surface area (Å²) in [5, 5.41) is 14.6. The number of amides is 1. The number of nitrogens with zero attached hydrogens (tertiary/aromatic N) is 2. The first kappa shape index (κ1) is 19.3. The molecular weight excluding hydrogens is 366 g/mol. The number of benzene rings is 2. The molecule has 1 amide bonds. The summed E-state index contributed by atoms with van der Waals surface area (Å²) in [5.74, 6) is -0.248. The van der Waals surface area contributed by atoms with Gasteiger partial charge in [0.05, 0.1) is 16.5 Å². The maximum absolute atomic E-state index is 12.7. The van der Waals surface area contributed by atoms with Crippen LogP contribution in [0.1, 0.15) is 24.0 Å². The lowest BCUT2D eigenvalue weighted by Crippen LogP contribution is -2.40. The summed E-state index contributed by atoms with van der Waals surface area (Å²) in [7, 11) is 0. The van der Waals surface area contributed by atoms with Crippen LogP contribution in [0, 0.1) is 23.0 Å². The van der Waals surface area contributed by atoms with Crippen LogP contribution in [0.25, 0.3) is 0 Å². The molecule has 0 saturated carbocycles. The maximum atomic E-state index is 12.7. The van der Waals surface area contributed by atoms with Gasteiger partial charge in [-0.05, 0) is 43.5 Å².